The number of hydrogen-bond acceptors (Lipinski definition) is 5. The highest BCUT2D eigenvalue weighted by atomic mass is 32.2. The quantitative estimate of drug-likeness (QED) is 0.820. The predicted molar refractivity (Wildman–Crippen MR) is 105 cm³/mol. The zero-order chi connectivity index (χ0) is 18.7. The molecule has 0 radical (unpaired) electrons. The monoisotopic (exact) mass is 392 g/mol. The molecule has 0 unspecified atom stereocenters. The molecule has 0 aliphatic carbocycles. The Bertz CT molecular complexity index is 845. The SMILES string of the molecule is Cc1ccc([C@H](NCC(=O)N(C)[C@H]2CCS(=O)(=O)C2)c2cccs2)cc1. The van der Waals surface area contributed by atoms with E-state index < -0.39 is 9.84 Å². The number of carbonyl (C=O) groups excluding carboxylic acids is 1. The first-order valence-electron chi connectivity index (χ1n) is 8.65. The van der Waals surface area contributed by atoms with Crippen LogP contribution in [-0.4, -0.2) is 50.4 Å². The molecule has 1 fully saturated rings. The minimum Gasteiger partial charge on any atom is -0.341 e. The summed E-state index contributed by atoms with van der Waals surface area (Å²) in [5.41, 5.74) is 2.30. The Kier molecular flexibility index (Phi) is 5.79. The molecular formula is C19H24N2O3S2. The van der Waals surface area contributed by atoms with Gasteiger partial charge in [0, 0.05) is 18.0 Å². The van der Waals surface area contributed by atoms with Crippen molar-refractivity contribution < 1.29 is 13.2 Å². The van der Waals surface area contributed by atoms with Crippen molar-refractivity contribution in [3.8, 4) is 0 Å². The summed E-state index contributed by atoms with van der Waals surface area (Å²) in [5.74, 6) is 0.159. The van der Waals surface area contributed by atoms with E-state index in [0.29, 0.717) is 6.42 Å². The van der Waals surface area contributed by atoms with Crippen molar-refractivity contribution in [1.29, 1.82) is 0 Å². The first-order chi connectivity index (χ1) is 12.4. The van der Waals surface area contributed by atoms with Gasteiger partial charge in [0.2, 0.25) is 5.91 Å². The Morgan fingerprint density at radius 2 is 2.04 bits per heavy atom. The van der Waals surface area contributed by atoms with Crippen LogP contribution in [0.4, 0.5) is 0 Å². The molecule has 0 bridgehead atoms. The maximum absolute atomic E-state index is 12.6. The van der Waals surface area contributed by atoms with Crippen molar-refractivity contribution in [2.75, 3.05) is 25.1 Å². The zero-order valence-corrected chi connectivity index (χ0v) is 16.6. The molecule has 3 rings (SSSR count). The van der Waals surface area contributed by atoms with Gasteiger partial charge in [-0.15, -0.1) is 11.3 Å². The van der Waals surface area contributed by atoms with Gasteiger partial charge >= 0.3 is 0 Å². The van der Waals surface area contributed by atoms with Crippen LogP contribution < -0.4 is 5.32 Å². The molecular weight excluding hydrogens is 368 g/mol. The van der Waals surface area contributed by atoms with E-state index in [4.69, 9.17) is 0 Å². The van der Waals surface area contributed by atoms with Crippen molar-refractivity contribution >= 4 is 27.1 Å². The number of carbonyl (C=O) groups is 1. The summed E-state index contributed by atoms with van der Waals surface area (Å²) in [7, 11) is -1.30. The van der Waals surface area contributed by atoms with Gasteiger partial charge in [0.05, 0.1) is 24.1 Å². The minimum absolute atomic E-state index is 0.0553. The molecule has 1 aromatic heterocycles. The lowest BCUT2D eigenvalue weighted by Gasteiger charge is -2.25. The van der Waals surface area contributed by atoms with Gasteiger partial charge in [-0.05, 0) is 30.4 Å². The third kappa shape index (κ3) is 4.52. The van der Waals surface area contributed by atoms with Crippen LogP contribution in [0.5, 0.6) is 0 Å². The number of benzene rings is 1. The Morgan fingerprint density at radius 3 is 2.62 bits per heavy atom. The van der Waals surface area contributed by atoms with Crippen molar-refractivity contribution in [2.24, 2.45) is 0 Å². The van der Waals surface area contributed by atoms with E-state index in [0.717, 1.165) is 10.4 Å². The van der Waals surface area contributed by atoms with Gasteiger partial charge in [-0.3, -0.25) is 10.1 Å². The van der Waals surface area contributed by atoms with E-state index in [1.807, 2.05) is 18.4 Å². The molecule has 5 nitrogen and oxygen atoms in total. The molecule has 2 atom stereocenters. The van der Waals surface area contributed by atoms with E-state index in [2.05, 4.69) is 35.6 Å². The van der Waals surface area contributed by atoms with Crippen LogP contribution in [0.2, 0.25) is 0 Å². The van der Waals surface area contributed by atoms with Gasteiger partial charge in [-0.1, -0.05) is 35.9 Å². The van der Waals surface area contributed by atoms with E-state index in [9.17, 15) is 13.2 Å². The first-order valence-corrected chi connectivity index (χ1v) is 11.4. The fourth-order valence-electron chi connectivity index (χ4n) is 3.20. The van der Waals surface area contributed by atoms with E-state index in [-0.39, 0.29) is 36.0 Å². The van der Waals surface area contributed by atoms with E-state index >= 15 is 0 Å². The second kappa shape index (κ2) is 7.90. The first kappa shape index (κ1) is 19.1. The summed E-state index contributed by atoms with van der Waals surface area (Å²) >= 11 is 1.65. The molecule has 1 aromatic carbocycles. The standard InChI is InChI=1S/C19H24N2O3S2/c1-14-5-7-15(8-6-14)19(17-4-3-10-25-17)20-12-18(22)21(2)16-9-11-26(23,24)13-16/h3-8,10,16,19-20H,9,11-13H2,1-2H3/t16-,19-/m0/s1. The lowest BCUT2D eigenvalue weighted by Crippen LogP contribution is -2.43. The highest BCUT2D eigenvalue weighted by Crippen LogP contribution is 2.26. The molecule has 2 aromatic rings. The second-order valence-electron chi connectivity index (χ2n) is 6.80. The molecule has 140 valence electrons. The van der Waals surface area contributed by atoms with Gasteiger partial charge in [0.25, 0.3) is 0 Å². The molecule has 1 amide bonds. The molecule has 7 heteroatoms. The lowest BCUT2D eigenvalue weighted by atomic mass is 10.0. The van der Waals surface area contributed by atoms with E-state index in [1.54, 1.807) is 23.3 Å². The fraction of sp³-hybridized carbons (Fsp3) is 0.421. The number of amides is 1. The largest absolute Gasteiger partial charge is 0.341 e. The molecule has 2 heterocycles. The van der Waals surface area contributed by atoms with Crippen LogP contribution in [0.3, 0.4) is 0 Å². The molecule has 26 heavy (non-hydrogen) atoms. The van der Waals surface area contributed by atoms with Crippen LogP contribution in [-0.2, 0) is 14.6 Å². The van der Waals surface area contributed by atoms with Gasteiger partial charge in [0.15, 0.2) is 9.84 Å². The van der Waals surface area contributed by atoms with Gasteiger partial charge < -0.3 is 4.90 Å². The maximum atomic E-state index is 12.6. The molecule has 0 spiro atoms. The number of thiophene rings is 1. The fourth-order valence-corrected chi connectivity index (χ4v) is 5.80. The van der Waals surface area contributed by atoms with Crippen molar-refractivity contribution in [3.63, 3.8) is 0 Å². The predicted octanol–water partition coefficient (Wildman–Crippen LogP) is 2.38. The minimum atomic E-state index is -3.00. The molecule has 0 saturated carbocycles. The number of likely N-dealkylation sites (N-methyl/N-ethyl adjacent to an activating group) is 1. The van der Waals surface area contributed by atoms with Gasteiger partial charge in [-0.2, -0.15) is 0 Å². The Balaban J connectivity index is 1.68. The van der Waals surface area contributed by atoms with Crippen molar-refractivity contribution in [1.82, 2.24) is 10.2 Å². The summed E-state index contributed by atoms with van der Waals surface area (Å²) in [6, 6.07) is 12.1. The van der Waals surface area contributed by atoms with Crippen LogP contribution in [0.15, 0.2) is 41.8 Å². The number of nitrogens with zero attached hydrogens (tertiary/aromatic N) is 1. The summed E-state index contributed by atoms with van der Waals surface area (Å²) in [4.78, 5) is 15.3. The van der Waals surface area contributed by atoms with Crippen LogP contribution in [0.25, 0.3) is 0 Å². The number of sulfone groups is 1. The maximum Gasteiger partial charge on any atom is 0.236 e. The van der Waals surface area contributed by atoms with Gasteiger partial charge in [-0.25, -0.2) is 8.42 Å². The van der Waals surface area contributed by atoms with Crippen LogP contribution >= 0.6 is 11.3 Å². The van der Waals surface area contributed by atoms with Crippen LogP contribution in [0, 0.1) is 6.92 Å². The van der Waals surface area contributed by atoms with E-state index in [1.165, 1.54) is 5.56 Å². The smallest absolute Gasteiger partial charge is 0.236 e. The normalized spacial score (nSPS) is 20.0. The lowest BCUT2D eigenvalue weighted by molar-refractivity contribution is -0.130. The Labute approximate surface area is 159 Å². The summed E-state index contributed by atoms with van der Waals surface area (Å²) in [6.07, 6.45) is 0.525. The highest BCUT2D eigenvalue weighted by molar-refractivity contribution is 7.91. The zero-order valence-electron chi connectivity index (χ0n) is 15.0. The summed E-state index contributed by atoms with van der Waals surface area (Å²) in [5, 5.41) is 5.38. The number of rotatable bonds is 6. The number of hydrogen-bond donors (Lipinski definition) is 1. The summed E-state index contributed by atoms with van der Waals surface area (Å²) < 4.78 is 23.3. The number of nitrogens with one attached hydrogen (secondary N) is 1. The summed E-state index contributed by atoms with van der Waals surface area (Å²) in [6.45, 7) is 2.22. The molecule has 1 aliphatic rings. The van der Waals surface area contributed by atoms with Gasteiger partial charge in [0.1, 0.15) is 0 Å². The number of aryl methyl sites for hydroxylation is 1. The molecule has 1 saturated heterocycles. The highest BCUT2D eigenvalue weighted by Gasteiger charge is 2.32. The average Bonchev–Trinajstić information content (AvgIpc) is 3.25. The Hall–Kier alpha value is -1.70. The second-order valence-corrected chi connectivity index (χ2v) is 10.0. The molecule has 1 aliphatic heterocycles. The molecule has 1 N–H and O–H groups in total. The van der Waals surface area contributed by atoms with Crippen molar-refractivity contribution in [3.05, 3.63) is 57.8 Å². The van der Waals surface area contributed by atoms with Crippen LogP contribution in [0.1, 0.15) is 28.5 Å². The van der Waals surface area contributed by atoms with Crippen molar-refractivity contribution in [2.45, 2.75) is 25.4 Å². The topological polar surface area (TPSA) is 66.5 Å². The average molecular weight is 393 g/mol. The Morgan fingerprint density at radius 1 is 1.31 bits per heavy atom. The third-order valence-corrected chi connectivity index (χ3v) is 7.53. The third-order valence-electron chi connectivity index (χ3n) is 4.85.